The molecule has 2 rings (SSSR count). The number of hydrazine groups is 1. The molecule has 0 amide bonds. The molecule has 5 N–H and O–H groups in total. The van der Waals surface area contributed by atoms with Gasteiger partial charge in [0.2, 0.25) is 0 Å². The summed E-state index contributed by atoms with van der Waals surface area (Å²) >= 11 is 0. The van der Waals surface area contributed by atoms with Gasteiger partial charge in [0.1, 0.15) is 17.5 Å². The SMILES string of the molecule is CCc1nc(NN)c(C)c(NCC2(O)CCC(C)CC2)n1. The maximum atomic E-state index is 10.6. The Morgan fingerprint density at radius 1 is 1.29 bits per heavy atom. The Morgan fingerprint density at radius 2 is 1.90 bits per heavy atom. The zero-order chi connectivity index (χ0) is 15.5. The standard InChI is InChI=1S/C15H27N5O/c1-4-12-18-13(11(3)14(19-12)20-16)17-9-15(21)7-5-10(2)6-8-15/h10,21H,4-9,16H2,1-3H3,(H2,17,18,19,20). The van der Waals surface area contributed by atoms with Crippen molar-refractivity contribution in [3.05, 3.63) is 11.4 Å². The van der Waals surface area contributed by atoms with Gasteiger partial charge < -0.3 is 15.8 Å². The number of anilines is 2. The van der Waals surface area contributed by atoms with Gasteiger partial charge in [-0.2, -0.15) is 0 Å². The molecule has 0 unspecified atom stereocenters. The van der Waals surface area contributed by atoms with E-state index in [1.807, 2.05) is 13.8 Å². The predicted molar refractivity (Wildman–Crippen MR) is 85.0 cm³/mol. The van der Waals surface area contributed by atoms with Gasteiger partial charge in [-0.15, -0.1) is 0 Å². The molecular formula is C15H27N5O. The van der Waals surface area contributed by atoms with E-state index in [4.69, 9.17) is 5.84 Å². The molecule has 1 aliphatic rings. The number of hydrogen-bond acceptors (Lipinski definition) is 6. The van der Waals surface area contributed by atoms with E-state index >= 15 is 0 Å². The van der Waals surface area contributed by atoms with Crippen molar-refractivity contribution in [3.63, 3.8) is 0 Å². The number of nitrogens with two attached hydrogens (primary N) is 1. The van der Waals surface area contributed by atoms with E-state index in [9.17, 15) is 5.11 Å². The highest BCUT2D eigenvalue weighted by atomic mass is 16.3. The van der Waals surface area contributed by atoms with Crippen molar-refractivity contribution < 1.29 is 5.11 Å². The molecule has 0 radical (unpaired) electrons. The molecule has 0 atom stereocenters. The largest absolute Gasteiger partial charge is 0.388 e. The average molecular weight is 293 g/mol. The van der Waals surface area contributed by atoms with Crippen LogP contribution in [0.3, 0.4) is 0 Å². The minimum atomic E-state index is -0.632. The summed E-state index contributed by atoms with van der Waals surface area (Å²) in [5.41, 5.74) is 2.85. The number of nitrogen functional groups attached to an aromatic ring is 1. The Morgan fingerprint density at radius 3 is 2.48 bits per heavy atom. The van der Waals surface area contributed by atoms with E-state index in [0.717, 1.165) is 49.3 Å². The third-order valence-electron chi connectivity index (χ3n) is 4.43. The molecule has 1 aromatic heterocycles. The Hall–Kier alpha value is -1.40. The van der Waals surface area contributed by atoms with E-state index < -0.39 is 5.60 Å². The maximum Gasteiger partial charge on any atom is 0.148 e. The van der Waals surface area contributed by atoms with Gasteiger partial charge in [-0.05, 0) is 38.5 Å². The fourth-order valence-corrected chi connectivity index (χ4v) is 2.76. The van der Waals surface area contributed by atoms with Crippen molar-refractivity contribution in [1.29, 1.82) is 0 Å². The average Bonchev–Trinajstić information content (AvgIpc) is 2.49. The molecule has 6 heteroatoms. The summed E-state index contributed by atoms with van der Waals surface area (Å²) in [6.07, 6.45) is 4.58. The lowest BCUT2D eigenvalue weighted by Crippen LogP contribution is -2.40. The molecule has 0 saturated heterocycles. The second kappa shape index (κ2) is 6.58. The van der Waals surface area contributed by atoms with Crippen molar-refractivity contribution in [3.8, 4) is 0 Å². The van der Waals surface area contributed by atoms with Crippen LogP contribution in [-0.2, 0) is 6.42 Å². The van der Waals surface area contributed by atoms with Gasteiger partial charge in [0.15, 0.2) is 0 Å². The smallest absolute Gasteiger partial charge is 0.148 e. The Kier molecular flexibility index (Phi) is 5.00. The van der Waals surface area contributed by atoms with Crippen LogP contribution in [0.4, 0.5) is 11.6 Å². The van der Waals surface area contributed by atoms with Crippen LogP contribution in [0.25, 0.3) is 0 Å². The minimum Gasteiger partial charge on any atom is -0.388 e. The minimum absolute atomic E-state index is 0.519. The topological polar surface area (TPSA) is 96.1 Å². The first-order chi connectivity index (χ1) is 9.97. The zero-order valence-electron chi connectivity index (χ0n) is 13.2. The number of hydrogen-bond donors (Lipinski definition) is 4. The van der Waals surface area contributed by atoms with Crippen molar-refractivity contribution in [2.24, 2.45) is 11.8 Å². The molecule has 0 aromatic carbocycles. The summed E-state index contributed by atoms with van der Waals surface area (Å²) in [5, 5.41) is 13.9. The molecule has 0 bridgehead atoms. The van der Waals surface area contributed by atoms with Crippen LogP contribution in [0.1, 0.15) is 50.9 Å². The quantitative estimate of drug-likeness (QED) is 0.490. The second-order valence-electron chi connectivity index (χ2n) is 6.22. The van der Waals surface area contributed by atoms with Crippen molar-refractivity contribution in [2.75, 3.05) is 17.3 Å². The number of aliphatic hydroxyl groups is 1. The number of aryl methyl sites for hydroxylation is 1. The first kappa shape index (κ1) is 16.0. The van der Waals surface area contributed by atoms with Gasteiger partial charge in [0, 0.05) is 18.5 Å². The number of nitrogens with one attached hydrogen (secondary N) is 2. The van der Waals surface area contributed by atoms with Crippen LogP contribution in [0.5, 0.6) is 0 Å². The lowest BCUT2D eigenvalue weighted by Gasteiger charge is -2.35. The molecule has 6 nitrogen and oxygen atoms in total. The molecule has 1 saturated carbocycles. The van der Waals surface area contributed by atoms with Gasteiger partial charge in [-0.25, -0.2) is 15.8 Å². The third-order valence-corrected chi connectivity index (χ3v) is 4.43. The summed E-state index contributed by atoms with van der Waals surface area (Å²) in [6, 6.07) is 0. The van der Waals surface area contributed by atoms with Gasteiger partial charge >= 0.3 is 0 Å². The summed E-state index contributed by atoms with van der Waals surface area (Å²) < 4.78 is 0. The highest BCUT2D eigenvalue weighted by Crippen LogP contribution is 2.32. The summed E-state index contributed by atoms with van der Waals surface area (Å²) in [4.78, 5) is 8.84. The van der Waals surface area contributed by atoms with Crippen LogP contribution in [0.15, 0.2) is 0 Å². The van der Waals surface area contributed by atoms with Gasteiger partial charge in [0.05, 0.1) is 5.60 Å². The zero-order valence-corrected chi connectivity index (χ0v) is 13.2. The highest BCUT2D eigenvalue weighted by molar-refractivity contribution is 5.56. The fraction of sp³-hybridized carbons (Fsp3) is 0.733. The van der Waals surface area contributed by atoms with E-state index in [2.05, 4.69) is 27.6 Å². The summed E-state index contributed by atoms with van der Waals surface area (Å²) in [6.45, 7) is 6.69. The van der Waals surface area contributed by atoms with Crippen molar-refractivity contribution in [1.82, 2.24) is 9.97 Å². The third kappa shape index (κ3) is 3.83. The Balaban J connectivity index is 2.09. The lowest BCUT2D eigenvalue weighted by molar-refractivity contribution is 0.00493. The van der Waals surface area contributed by atoms with E-state index in [0.29, 0.717) is 18.3 Å². The summed E-state index contributed by atoms with van der Waals surface area (Å²) in [5.74, 6) is 8.34. The van der Waals surface area contributed by atoms with Crippen LogP contribution in [-0.4, -0.2) is 27.2 Å². The van der Waals surface area contributed by atoms with Gasteiger partial charge in [-0.1, -0.05) is 13.8 Å². The van der Waals surface area contributed by atoms with Crippen LogP contribution < -0.4 is 16.6 Å². The second-order valence-corrected chi connectivity index (χ2v) is 6.22. The van der Waals surface area contributed by atoms with E-state index in [1.165, 1.54) is 0 Å². The van der Waals surface area contributed by atoms with Crippen LogP contribution >= 0.6 is 0 Å². The number of nitrogens with zero attached hydrogens (tertiary/aromatic N) is 2. The van der Waals surface area contributed by atoms with Crippen molar-refractivity contribution in [2.45, 2.75) is 58.5 Å². The van der Waals surface area contributed by atoms with E-state index in [-0.39, 0.29) is 0 Å². The molecule has 118 valence electrons. The molecular weight excluding hydrogens is 266 g/mol. The monoisotopic (exact) mass is 293 g/mol. The molecule has 1 fully saturated rings. The van der Waals surface area contributed by atoms with Gasteiger partial charge in [-0.3, -0.25) is 0 Å². The van der Waals surface area contributed by atoms with Crippen LogP contribution in [0, 0.1) is 12.8 Å². The van der Waals surface area contributed by atoms with Gasteiger partial charge in [0.25, 0.3) is 0 Å². The Bertz CT molecular complexity index is 483. The molecule has 0 aliphatic heterocycles. The summed E-state index contributed by atoms with van der Waals surface area (Å²) in [7, 11) is 0. The first-order valence-corrected chi connectivity index (χ1v) is 7.78. The molecule has 0 spiro atoms. The lowest BCUT2D eigenvalue weighted by atomic mass is 9.79. The van der Waals surface area contributed by atoms with Crippen molar-refractivity contribution >= 4 is 11.6 Å². The Labute approximate surface area is 126 Å². The first-order valence-electron chi connectivity index (χ1n) is 7.78. The predicted octanol–water partition coefficient (Wildman–Crippen LogP) is 1.99. The normalized spacial score (nSPS) is 25.7. The molecule has 1 heterocycles. The van der Waals surface area contributed by atoms with Crippen LogP contribution in [0.2, 0.25) is 0 Å². The van der Waals surface area contributed by atoms with E-state index in [1.54, 1.807) is 0 Å². The fourth-order valence-electron chi connectivity index (χ4n) is 2.76. The highest BCUT2D eigenvalue weighted by Gasteiger charge is 2.31. The number of rotatable bonds is 5. The molecule has 1 aromatic rings. The molecule has 1 aliphatic carbocycles. The number of aromatic nitrogens is 2. The molecule has 21 heavy (non-hydrogen) atoms. The maximum absolute atomic E-state index is 10.6.